The molecule has 2 amide bonds. The molecule has 0 aliphatic carbocycles. The summed E-state index contributed by atoms with van der Waals surface area (Å²) in [5.74, 6) is 0.760. The van der Waals surface area contributed by atoms with Crippen LogP contribution in [0, 0.1) is 0 Å². The van der Waals surface area contributed by atoms with Gasteiger partial charge in [0.05, 0.1) is 18.3 Å². The smallest absolute Gasteiger partial charge is 0.491 e. The van der Waals surface area contributed by atoms with Gasteiger partial charge in [0.1, 0.15) is 5.75 Å². The number of amides is 2. The first kappa shape index (κ1) is 22.7. The number of carbonyl (C=O) groups is 1. The van der Waals surface area contributed by atoms with E-state index in [1.165, 1.54) is 0 Å². The van der Waals surface area contributed by atoms with Gasteiger partial charge in [-0.25, -0.2) is 4.79 Å². The molecule has 0 saturated heterocycles. The molecule has 0 aliphatic heterocycles. The highest BCUT2D eigenvalue weighted by Gasteiger charge is 2.39. The lowest BCUT2D eigenvalue weighted by Gasteiger charge is -2.38. The summed E-state index contributed by atoms with van der Waals surface area (Å²) in [7, 11) is 0.403. The highest BCUT2D eigenvalue weighted by molar-refractivity contribution is 6.60. The van der Waals surface area contributed by atoms with Crippen LogP contribution in [0.15, 0.2) is 48.5 Å². The van der Waals surface area contributed by atoms with Gasteiger partial charge in [0.25, 0.3) is 0 Å². The number of aliphatic hydroxyl groups is 1. The van der Waals surface area contributed by atoms with E-state index in [1.54, 1.807) is 59.1 Å². The van der Waals surface area contributed by atoms with Gasteiger partial charge in [-0.05, 0) is 63.0 Å². The van der Waals surface area contributed by atoms with Crippen molar-refractivity contribution in [1.29, 1.82) is 0 Å². The summed E-state index contributed by atoms with van der Waals surface area (Å²) in [6.45, 7) is 7.04. The molecule has 0 unspecified atom stereocenters. The standard InChI is InChI=1S/C21H29BN2O5/c1-20(2,26)21(3,4)29-22(27)16-8-10-17(11-9-16)24-19(25)23-14-15-6-12-18(28-5)13-7-15/h6-13,26-27H,14H2,1-5H3,(H2,23,24,25). The predicted octanol–water partition coefficient (Wildman–Crippen LogP) is 2.27. The maximum atomic E-state index is 12.1. The van der Waals surface area contributed by atoms with E-state index >= 15 is 0 Å². The molecule has 156 valence electrons. The third kappa shape index (κ3) is 6.49. The average Bonchev–Trinajstić information content (AvgIpc) is 2.66. The molecule has 0 saturated carbocycles. The van der Waals surface area contributed by atoms with Crippen LogP contribution >= 0.6 is 0 Å². The van der Waals surface area contributed by atoms with Crippen molar-refractivity contribution in [2.24, 2.45) is 0 Å². The van der Waals surface area contributed by atoms with E-state index in [4.69, 9.17) is 9.39 Å². The minimum absolute atomic E-state index is 0.339. The van der Waals surface area contributed by atoms with Crippen molar-refractivity contribution in [3.63, 3.8) is 0 Å². The fourth-order valence-corrected chi connectivity index (χ4v) is 2.32. The molecule has 2 rings (SSSR count). The third-order valence-electron chi connectivity index (χ3n) is 4.95. The lowest BCUT2D eigenvalue weighted by Crippen LogP contribution is -2.53. The zero-order chi connectivity index (χ0) is 21.7. The number of ether oxygens (including phenoxy) is 1. The number of hydrogen-bond acceptors (Lipinski definition) is 5. The predicted molar refractivity (Wildman–Crippen MR) is 114 cm³/mol. The van der Waals surface area contributed by atoms with Gasteiger partial charge in [-0.2, -0.15) is 0 Å². The van der Waals surface area contributed by atoms with E-state index in [0.717, 1.165) is 11.3 Å². The SMILES string of the molecule is COc1ccc(CNC(=O)Nc2ccc(B(O)OC(C)(C)C(C)(C)O)cc2)cc1. The van der Waals surface area contributed by atoms with Gasteiger partial charge in [0.2, 0.25) is 0 Å². The second-order valence-electron chi connectivity index (χ2n) is 7.82. The summed E-state index contributed by atoms with van der Waals surface area (Å²) in [5, 5.41) is 26.0. The van der Waals surface area contributed by atoms with Gasteiger partial charge >= 0.3 is 13.1 Å². The van der Waals surface area contributed by atoms with E-state index in [9.17, 15) is 14.9 Å². The molecule has 7 nitrogen and oxygen atoms in total. The van der Waals surface area contributed by atoms with Crippen LogP contribution in [0.2, 0.25) is 0 Å². The molecule has 0 fully saturated rings. The number of rotatable bonds is 8. The van der Waals surface area contributed by atoms with Crippen LogP contribution in [0.1, 0.15) is 33.3 Å². The van der Waals surface area contributed by atoms with Gasteiger partial charge in [-0.3, -0.25) is 0 Å². The molecule has 0 heterocycles. The van der Waals surface area contributed by atoms with Crippen LogP contribution in [-0.2, 0) is 11.2 Å². The van der Waals surface area contributed by atoms with Crippen LogP contribution in [0.4, 0.5) is 10.5 Å². The largest absolute Gasteiger partial charge is 0.497 e. The van der Waals surface area contributed by atoms with E-state index in [2.05, 4.69) is 10.6 Å². The molecule has 29 heavy (non-hydrogen) atoms. The lowest BCUT2D eigenvalue weighted by molar-refractivity contribution is -0.0982. The van der Waals surface area contributed by atoms with Crippen molar-refractivity contribution in [1.82, 2.24) is 5.32 Å². The monoisotopic (exact) mass is 400 g/mol. The molecule has 0 spiro atoms. The minimum Gasteiger partial charge on any atom is -0.497 e. The Morgan fingerprint density at radius 1 is 1.03 bits per heavy atom. The quantitative estimate of drug-likeness (QED) is 0.510. The van der Waals surface area contributed by atoms with E-state index in [-0.39, 0.29) is 6.03 Å². The fraction of sp³-hybridized carbons (Fsp3) is 0.381. The zero-order valence-corrected chi connectivity index (χ0v) is 17.5. The molecule has 0 atom stereocenters. The summed E-state index contributed by atoms with van der Waals surface area (Å²) in [6.07, 6.45) is 0. The van der Waals surface area contributed by atoms with Crippen molar-refractivity contribution in [2.75, 3.05) is 12.4 Å². The topological polar surface area (TPSA) is 100 Å². The first-order valence-corrected chi connectivity index (χ1v) is 9.38. The Bertz CT molecular complexity index is 801. The van der Waals surface area contributed by atoms with Gasteiger partial charge in [-0.15, -0.1) is 0 Å². The first-order chi connectivity index (χ1) is 13.5. The summed E-state index contributed by atoms with van der Waals surface area (Å²) < 4.78 is 10.7. The number of hydrogen-bond donors (Lipinski definition) is 4. The van der Waals surface area contributed by atoms with E-state index < -0.39 is 18.3 Å². The number of urea groups is 1. The first-order valence-electron chi connectivity index (χ1n) is 9.38. The van der Waals surface area contributed by atoms with Crippen molar-refractivity contribution in [3.05, 3.63) is 54.1 Å². The Morgan fingerprint density at radius 2 is 1.62 bits per heavy atom. The molecule has 2 aromatic carbocycles. The van der Waals surface area contributed by atoms with E-state index in [0.29, 0.717) is 17.7 Å². The molecule has 2 aromatic rings. The summed E-state index contributed by atoms with van der Waals surface area (Å²) in [5.41, 5.74) is -0.0327. The summed E-state index contributed by atoms with van der Waals surface area (Å²) >= 11 is 0. The Morgan fingerprint density at radius 3 is 2.14 bits per heavy atom. The highest BCUT2D eigenvalue weighted by atomic mass is 16.5. The van der Waals surface area contributed by atoms with Crippen LogP contribution in [0.5, 0.6) is 5.75 Å². The highest BCUT2D eigenvalue weighted by Crippen LogP contribution is 2.25. The number of methoxy groups -OCH3 is 1. The molecule has 8 heteroatoms. The number of nitrogens with one attached hydrogen (secondary N) is 2. The van der Waals surface area contributed by atoms with Gasteiger partial charge < -0.3 is 30.2 Å². The van der Waals surface area contributed by atoms with Crippen molar-refractivity contribution in [3.8, 4) is 5.75 Å². The third-order valence-corrected chi connectivity index (χ3v) is 4.95. The molecular weight excluding hydrogens is 371 g/mol. The number of carbonyl (C=O) groups excluding carboxylic acids is 1. The molecule has 0 aromatic heterocycles. The van der Waals surface area contributed by atoms with Gasteiger partial charge in [0, 0.05) is 12.2 Å². The summed E-state index contributed by atoms with van der Waals surface area (Å²) in [4.78, 5) is 12.1. The molecule has 0 radical (unpaired) electrons. The summed E-state index contributed by atoms with van der Waals surface area (Å²) in [6, 6.07) is 13.7. The van der Waals surface area contributed by atoms with Crippen LogP contribution in [0.25, 0.3) is 0 Å². The maximum absolute atomic E-state index is 12.1. The van der Waals surface area contributed by atoms with Crippen LogP contribution in [0.3, 0.4) is 0 Å². The Hall–Kier alpha value is -2.55. The van der Waals surface area contributed by atoms with Crippen molar-refractivity contribution < 1.29 is 24.3 Å². The fourth-order valence-electron chi connectivity index (χ4n) is 2.32. The van der Waals surface area contributed by atoms with Crippen molar-refractivity contribution >= 4 is 24.3 Å². The Balaban J connectivity index is 1.88. The Labute approximate surface area is 172 Å². The molecule has 0 aliphatic rings. The normalized spacial score (nSPS) is 11.7. The number of anilines is 1. The second kappa shape index (κ2) is 9.30. The second-order valence-corrected chi connectivity index (χ2v) is 7.82. The van der Waals surface area contributed by atoms with Gasteiger partial charge in [-0.1, -0.05) is 24.3 Å². The lowest BCUT2D eigenvalue weighted by atomic mass is 9.76. The maximum Gasteiger partial charge on any atom is 0.491 e. The Kier molecular flexibility index (Phi) is 7.29. The van der Waals surface area contributed by atoms with Crippen LogP contribution < -0.4 is 20.8 Å². The zero-order valence-electron chi connectivity index (χ0n) is 17.5. The van der Waals surface area contributed by atoms with Gasteiger partial charge in [0.15, 0.2) is 0 Å². The molecule has 0 bridgehead atoms. The minimum atomic E-state index is -1.20. The van der Waals surface area contributed by atoms with Crippen LogP contribution in [-0.4, -0.2) is 41.6 Å². The van der Waals surface area contributed by atoms with E-state index in [1.807, 2.05) is 24.3 Å². The number of benzene rings is 2. The molecule has 4 N–H and O–H groups in total. The average molecular weight is 400 g/mol. The van der Waals surface area contributed by atoms with Crippen molar-refractivity contribution in [2.45, 2.75) is 45.4 Å². The molecular formula is C21H29BN2O5.